The Balaban J connectivity index is 1.56. The average molecular weight is 455 g/mol. The number of nitrogens with zero attached hydrogens (tertiary/aromatic N) is 5. The maximum atomic E-state index is 5.83. The number of hydrogen-bond acceptors (Lipinski definition) is 4. The zero-order valence-corrected chi connectivity index (χ0v) is 19.5. The van der Waals surface area contributed by atoms with Crippen LogP contribution in [0.25, 0.3) is 0 Å². The number of pyridine rings is 3. The molecule has 1 N–H and O–H groups in total. The minimum Gasteiger partial charge on any atom is -0.352 e. The molecule has 1 aliphatic heterocycles. The van der Waals surface area contributed by atoms with Crippen LogP contribution in [0.1, 0.15) is 46.0 Å². The predicted molar refractivity (Wildman–Crippen MR) is 132 cm³/mol. The quantitative estimate of drug-likeness (QED) is 0.433. The molecule has 4 aromatic rings. The van der Waals surface area contributed by atoms with E-state index in [2.05, 4.69) is 61.8 Å². The first-order valence-corrected chi connectivity index (χ1v) is 11.5. The lowest BCUT2D eigenvalue weighted by molar-refractivity contribution is 0.307. The predicted octanol–water partition coefficient (Wildman–Crippen LogP) is 4.51. The van der Waals surface area contributed by atoms with Crippen molar-refractivity contribution >= 4 is 17.3 Å². The number of nitrogens with one attached hydrogen (secondary N) is 1. The lowest BCUT2D eigenvalue weighted by Crippen LogP contribution is -2.29. The zero-order valence-electron chi connectivity index (χ0n) is 18.7. The van der Waals surface area contributed by atoms with E-state index >= 15 is 0 Å². The van der Waals surface area contributed by atoms with Crippen LogP contribution in [0.2, 0.25) is 0 Å². The molecule has 5 heterocycles. The van der Waals surface area contributed by atoms with E-state index in [9.17, 15) is 0 Å². The van der Waals surface area contributed by atoms with Gasteiger partial charge in [0.05, 0.1) is 30.0 Å². The van der Waals surface area contributed by atoms with Gasteiger partial charge in [0, 0.05) is 42.7 Å². The third kappa shape index (κ3) is 4.24. The molecule has 1 saturated heterocycles. The fourth-order valence-corrected chi connectivity index (χ4v) is 4.93. The van der Waals surface area contributed by atoms with Gasteiger partial charge in [-0.05, 0) is 73.6 Å². The van der Waals surface area contributed by atoms with Crippen LogP contribution in [-0.4, -0.2) is 29.5 Å². The molecular weight excluding hydrogens is 428 g/mol. The molecule has 166 valence electrons. The van der Waals surface area contributed by atoms with E-state index in [0.717, 1.165) is 23.0 Å². The van der Waals surface area contributed by atoms with Gasteiger partial charge in [-0.2, -0.15) is 0 Å². The van der Waals surface area contributed by atoms with E-state index < -0.39 is 0 Å². The summed E-state index contributed by atoms with van der Waals surface area (Å²) in [7, 11) is 0. The summed E-state index contributed by atoms with van der Waals surface area (Å²) in [5.41, 5.74) is 6.82. The van der Waals surface area contributed by atoms with Crippen molar-refractivity contribution in [3.63, 3.8) is 0 Å². The summed E-state index contributed by atoms with van der Waals surface area (Å²) in [5.74, 6) is 0. The van der Waals surface area contributed by atoms with Crippen molar-refractivity contribution in [1.29, 1.82) is 0 Å². The zero-order chi connectivity index (χ0) is 22.8. The van der Waals surface area contributed by atoms with E-state index in [4.69, 9.17) is 12.2 Å². The van der Waals surface area contributed by atoms with E-state index in [1.807, 2.05) is 61.2 Å². The van der Waals surface area contributed by atoms with Crippen molar-refractivity contribution in [3.8, 4) is 0 Å². The molecule has 0 aliphatic carbocycles. The summed E-state index contributed by atoms with van der Waals surface area (Å²) in [6.45, 7) is 5.76. The Morgan fingerprint density at radius 3 is 2.45 bits per heavy atom. The minimum atomic E-state index is -0.0465. The fourth-order valence-electron chi connectivity index (χ4n) is 4.63. The molecule has 2 atom stereocenters. The second kappa shape index (κ2) is 9.11. The van der Waals surface area contributed by atoms with Gasteiger partial charge in [0.25, 0.3) is 0 Å². The molecule has 33 heavy (non-hydrogen) atoms. The second-order valence-electron chi connectivity index (χ2n) is 8.35. The van der Waals surface area contributed by atoms with Gasteiger partial charge in [0.1, 0.15) is 0 Å². The smallest absolute Gasteiger partial charge is 0.170 e. The van der Waals surface area contributed by atoms with Crippen LogP contribution in [0.3, 0.4) is 0 Å². The van der Waals surface area contributed by atoms with Crippen molar-refractivity contribution in [2.75, 3.05) is 0 Å². The average Bonchev–Trinajstić information content (AvgIpc) is 3.31. The first kappa shape index (κ1) is 21.3. The van der Waals surface area contributed by atoms with Crippen LogP contribution in [0, 0.1) is 13.8 Å². The van der Waals surface area contributed by atoms with E-state index in [1.165, 1.54) is 22.5 Å². The lowest BCUT2D eigenvalue weighted by atomic mass is 9.96. The van der Waals surface area contributed by atoms with E-state index in [1.54, 1.807) is 0 Å². The molecular formula is C26H26N6S. The van der Waals surface area contributed by atoms with Gasteiger partial charge in [-0.25, -0.2) is 0 Å². The van der Waals surface area contributed by atoms with Gasteiger partial charge in [0.15, 0.2) is 5.11 Å². The molecule has 1 fully saturated rings. The van der Waals surface area contributed by atoms with Gasteiger partial charge in [-0.3, -0.25) is 15.0 Å². The Morgan fingerprint density at radius 2 is 1.76 bits per heavy atom. The van der Waals surface area contributed by atoms with E-state index in [-0.39, 0.29) is 12.1 Å². The standard InChI is InChI=1S/C26H26N6S/c1-18-14-22(19(2)31(18)16-20-8-7-11-27-15-20)25-24(23-10-4-6-13-29-23)30-26(33)32(25)17-21-9-3-5-12-28-21/h3-15,24-25H,16-17H2,1-2H3,(H,30,33). The summed E-state index contributed by atoms with van der Waals surface area (Å²) in [5, 5.41) is 4.26. The summed E-state index contributed by atoms with van der Waals surface area (Å²) < 4.78 is 2.35. The molecule has 0 radical (unpaired) electrons. The van der Waals surface area contributed by atoms with Crippen LogP contribution in [0.4, 0.5) is 0 Å². The third-order valence-electron chi connectivity index (χ3n) is 6.25. The van der Waals surface area contributed by atoms with Crippen LogP contribution in [0.5, 0.6) is 0 Å². The van der Waals surface area contributed by atoms with Crippen LogP contribution in [0.15, 0.2) is 79.4 Å². The van der Waals surface area contributed by atoms with Crippen LogP contribution >= 0.6 is 12.2 Å². The molecule has 0 saturated carbocycles. The van der Waals surface area contributed by atoms with Gasteiger partial charge in [0.2, 0.25) is 0 Å². The van der Waals surface area contributed by atoms with Crippen molar-refractivity contribution in [3.05, 3.63) is 113 Å². The van der Waals surface area contributed by atoms with Gasteiger partial charge < -0.3 is 14.8 Å². The Hall–Kier alpha value is -3.58. The number of thiocarbonyl (C=S) groups is 1. The molecule has 0 aromatic carbocycles. The molecule has 5 rings (SSSR count). The van der Waals surface area contributed by atoms with Gasteiger partial charge >= 0.3 is 0 Å². The summed E-state index contributed by atoms with van der Waals surface area (Å²) >= 11 is 5.83. The molecule has 7 heteroatoms. The Labute approximate surface area is 199 Å². The Morgan fingerprint density at radius 1 is 0.939 bits per heavy atom. The monoisotopic (exact) mass is 454 g/mol. The maximum absolute atomic E-state index is 5.83. The second-order valence-corrected chi connectivity index (χ2v) is 8.74. The molecule has 4 aromatic heterocycles. The van der Waals surface area contributed by atoms with Gasteiger partial charge in [-0.1, -0.05) is 18.2 Å². The normalized spacial score (nSPS) is 17.9. The highest BCUT2D eigenvalue weighted by Crippen LogP contribution is 2.41. The first-order chi connectivity index (χ1) is 16.1. The van der Waals surface area contributed by atoms with Crippen molar-refractivity contribution in [2.45, 2.75) is 39.0 Å². The van der Waals surface area contributed by atoms with Crippen molar-refractivity contribution < 1.29 is 0 Å². The largest absolute Gasteiger partial charge is 0.352 e. The van der Waals surface area contributed by atoms with Crippen LogP contribution < -0.4 is 5.32 Å². The summed E-state index contributed by atoms with van der Waals surface area (Å²) in [6, 6.07) is 18.4. The number of hydrogen-bond donors (Lipinski definition) is 1. The topological polar surface area (TPSA) is 58.9 Å². The molecule has 0 spiro atoms. The van der Waals surface area contributed by atoms with Crippen LogP contribution in [-0.2, 0) is 13.1 Å². The fraction of sp³-hybridized carbons (Fsp3) is 0.231. The molecule has 1 aliphatic rings. The SMILES string of the molecule is Cc1cc(C2C(c3ccccn3)NC(=S)N2Cc2ccccn2)c(C)n1Cc1cccnc1. The van der Waals surface area contributed by atoms with Crippen molar-refractivity contribution in [1.82, 2.24) is 29.7 Å². The summed E-state index contributed by atoms with van der Waals surface area (Å²) in [4.78, 5) is 15.7. The highest BCUT2D eigenvalue weighted by molar-refractivity contribution is 7.80. The molecule has 2 unspecified atom stereocenters. The number of aryl methyl sites for hydroxylation is 1. The number of aromatic nitrogens is 4. The highest BCUT2D eigenvalue weighted by atomic mass is 32.1. The molecule has 6 nitrogen and oxygen atoms in total. The maximum Gasteiger partial charge on any atom is 0.170 e. The van der Waals surface area contributed by atoms with Gasteiger partial charge in [-0.15, -0.1) is 0 Å². The Kier molecular flexibility index (Phi) is 5.88. The minimum absolute atomic E-state index is 0.00301. The van der Waals surface area contributed by atoms with Crippen molar-refractivity contribution in [2.24, 2.45) is 0 Å². The molecule has 0 bridgehead atoms. The molecule has 0 amide bonds. The van der Waals surface area contributed by atoms with E-state index in [0.29, 0.717) is 6.54 Å². The number of rotatable bonds is 6. The summed E-state index contributed by atoms with van der Waals surface area (Å²) in [6.07, 6.45) is 7.40. The third-order valence-corrected chi connectivity index (χ3v) is 6.60. The highest BCUT2D eigenvalue weighted by Gasteiger charge is 2.41. The Bertz CT molecular complexity index is 1240. The first-order valence-electron chi connectivity index (χ1n) is 11.1. The lowest BCUT2D eigenvalue weighted by Gasteiger charge is -2.28.